The fourth-order valence-corrected chi connectivity index (χ4v) is 5.19. The number of halogens is 1. The first-order valence-corrected chi connectivity index (χ1v) is 14.4. The Balaban J connectivity index is 1.89. The predicted molar refractivity (Wildman–Crippen MR) is 164 cm³/mol. The normalized spacial score (nSPS) is 12.7. The van der Waals surface area contributed by atoms with Crippen LogP contribution in [0, 0.1) is 20.8 Å². The van der Waals surface area contributed by atoms with Gasteiger partial charge < -0.3 is 23.5 Å². The number of rotatable bonds is 12. The largest absolute Gasteiger partial charge is 0.461 e. The number of benzene rings is 1. The van der Waals surface area contributed by atoms with E-state index in [4.69, 9.17) is 35.5 Å². The molecule has 0 saturated heterocycles. The van der Waals surface area contributed by atoms with Gasteiger partial charge in [-0.2, -0.15) is 5.10 Å². The Kier molecular flexibility index (Phi) is 10.1. The van der Waals surface area contributed by atoms with Crippen LogP contribution in [0.25, 0.3) is 22.2 Å². The van der Waals surface area contributed by atoms with Crippen molar-refractivity contribution in [3.63, 3.8) is 0 Å². The average molecular weight is 597 g/mol. The number of fused-ring (bicyclic) bond motifs is 1. The molecule has 1 atom stereocenters. The number of esters is 1. The molecule has 1 aromatic carbocycles. The summed E-state index contributed by atoms with van der Waals surface area (Å²) in [7, 11) is 3.52. The molecule has 226 valence electrons. The summed E-state index contributed by atoms with van der Waals surface area (Å²) < 4.78 is 26.7. The van der Waals surface area contributed by atoms with E-state index in [9.17, 15) is 4.79 Å². The highest BCUT2D eigenvalue weighted by Gasteiger charge is 2.35. The van der Waals surface area contributed by atoms with Crippen molar-refractivity contribution in [2.24, 2.45) is 7.05 Å². The van der Waals surface area contributed by atoms with Crippen LogP contribution >= 0.6 is 11.6 Å². The van der Waals surface area contributed by atoms with Crippen LogP contribution in [-0.4, -0.2) is 64.4 Å². The third-order valence-electron chi connectivity index (χ3n) is 7.07. The van der Waals surface area contributed by atoms with Crippen LogP contribution in [0.5, 0.6) is 0 Å². The van der Waals surface area contributed by atoms with Crippen molar-refractivity contribution >= 4 is 28.6 Å². The summed E-state index contributed by atoms with van der Waals surface area (Å²) in [4.78, 5) is 18.9. The van der Waals surface area contributed by atoms with E-state index < -0.39 is 17.7 Å². The van der Waals surface area contributed by atoms with E-state index in [0.717, 1.165) is 39.0 Å². The summed E-state index contributed by atoms with van der Waals surface area (Å²) in [6.07, 6.45) is 2.85. The van der Waals surface area contributed by atoms with Crippen molar-refractivity contribution in [3.05, 3.63) is 69.8 Å². The smallest absolute Gasteiger partial charge is 0.340 e. The Hall–Kier alpha value is -3.24. The van der Waals surface area contributed by atoms with Gasteiger partial charge in [0.25, 0.3) is 0 Å². The molecule has 10 heteroatoms. The number of methoxy groups -OCH3 is 1. The van der Waals surface area contributed by atoms with Gasteiger partial charge in [0.2, 0.25) is 0 Å². The summed E-state index contributed by atoms with van der Waals surface area (Å²) in [6.45, 7) is 13.7. The molecule has 0 spiro atoms. The van der Waals surface area contributed by atoms with E-state index in [1.165, 1.54) is 0 Å². The quantitative estimate of drug-likeness (QED) is 0.144. The zero-order valence-electron chi connectivity index (χ0n) is 25.8. The molecule has 0 aliphatic carbocycles. The molecule has 0 bridgehead atoms. The topological polar surface area (TPSA) is 89.6 Å². The van der Waals surface area contributed by atoms with E-state index in [2.05, 4.69) is 23.5 Å². The van der Waals surface area contributed by atoms with Gasteiger partial charge in [-0.15, -0.1) is 0 Å². The lowest BCUT2D eigenvalue weighted by Gasteiger charge is -2.29. The molecule has 0 aliphatic rings. The maximum atomic E-state index is 13.7. The standard InChI is InChI=1S/C32H41ClN4O5/c1-20-22(3)37(19-23-17-34-36(7)18-23)30-26(20)28(24-9-11-25(33)12-10-24)27(21(2)35-30)29(42-32(4,5)6)31(38)41-16-15-40-14-13-39-8/h9-12,17-18,29H,13-16,19H2,1-8H3/t29-/m0/s1. The molecule has 0 amide bonds. The molecule has 0 aliphatic heterocycles. The van der Waals surface area contributed by atoms with Crippen LogP contribution in [-0.2, 0) is 37.3 Å². The minimum Gasteiger partial charge on any atom is -0.461 e. The van der Waals surface area contributed by atoms with Gasteiger partial charge in [-0.1, -0.05) is 23.7 Å². The lowest BCUT2D eigenvalue weighted by molar-refractivity contribution is -0.168. The van der Waals surface area contributed by atoms with Gasteiger partial charge in [-0.05, 0) is 64.8 Å². The number of nitrogens with zero attached hydrogens (tertiary/aromatic N) is 4. The lowest BCUT2D eigenvalue weighted by atomic mass is 9.91. The SMILES string of the molecule is COCCOCCOC(=O)[C@@H](OC(C)(C)C)c1c(C)nc2c(c(C)c(C)n2Cc2cnn(C)c2)c1-c1ccc(Cl)cc1. The minimum absolute atomic E-state index is 0.0944. The fraction of sp³-hybridized carbons (Fsp3) is 0.469. The summed E-state index contributed by atoms with van der Waals surface area (Å²) in [6, 6.07) is 7.64. The minimum atomic E-state index is -1.02. The fourth-order valence-electron chi connectivity index (χ4n) is 5.06. The molecule has 0 radical (unpaired) electrons. The average Bonchev–Trinajstić information content (AvgIpc) is 3.44. The lowest BCUT2D eigenvalue weighted by Crippen LogP contribution is -2.30. The molecular formula is C32H41ClN4O5. The van der Waals surface area contributed by atoms with E-state index in [1.807, 2.05) is 71.4 Å². The van der Waals surface area contributed by atoms with Gasteiger partial charge in [0.15, 0.2) is 6.10 Å². The van der Waals surface area contributed by atoms with Gasteiger partial charge >= 0.3 is 5.97 Å². The highest BCUT2D eigenvalue weighted by Crippen LogP contribution is 2.42. The van der Waals surface area contributed by atoms with E-state index in [1.54, 1.807) is 11.8 Å². The Morgan fingerprint density at radius 3 is 2.36 bits per heavy atom. The maximum absolute atomic E-state index is 13.7. The zero-order chi connectivity index (χ0) is 30.6. The van der Waals surface area contributed by atoms with Crippen molar-refractivity contribution in [1.29, 1.82) is 0 Å². The Morgan fingerprint density at radius 2 is 1.74 bits per heavy atom. The highest BCUT2D eigenvalue weighted by atomic mass is 35.5. The summed E-state index contributed by atoms with van der Waals surface area (Å²) >= 11 is 6.30. The molecule has 3 aromatic heterocycles. The first kappa shape index (κ1) is 31.7. The number of aryl methyl sites for hydroxylation is 3. The number of ether oxygens (including phenoxy) is 4. The molecule has 4 rings (SSSR count). The molecule has 0 fully saturated rings. The number of hydrogen-bond acceptors (Lipinski definition) is 7. The first-order chi connectivity index (χ1) is 19.9. The number of carbonyl (C=O) groups is 1. The molecule has 4 aromatic rings. The molecule has 0 saturated carbocycles. The second-order valence-corrected chi connectivity index (χ2v) is 11.8. The number of pyridine rings is 1. The van der Waals surface area contributed by atoms with Crippen molar-refractivity contribution in [3.8, 4) is 11.1 Å². The first-order valence-electron chi connectivity index (χ1n) is 14.1. The number of carbonyl (C=O) groups excluding carboxylic acids is 1. The second-order valence-electron chi connectivity index (χ2n) is 11.4. The van der Waals surface area contributed by atoms with Gasteiger partial charge in [0.1, 0.15) is 12.3 Å². The summed E-state index contributed by atoms with van der Waals surface area (Å²) in [5.41, 5.74) is 6.54. The Labute approximate surface area is 252 Å². The maximum Gasteiger partial charge on any atom is 0.340 e. The van der Waals surface area contributed by atoms with Crippen molar-refractivity contribution < 1.29 is 23.7 Å². The molecular weight excluding hydrogens is 556 g/mol. The number of hydrogen-bond donors (Lipinski definition) is 0. The molecule has 0 unspecified atom stereocenters. The van der Waals surface area contributed by atoms with Gasteiger partial charge in [-0.3, -0.25) is 4.68 Å². The van der Waals surface area contributed by atoms with E-state index >= 15 is 0 Å². The van der Waals surface area contributed by atoms with Crippen LogP contribution in [0.3, 0.4) is 0 Å². The van der Waals surface area contributed by atoms with E-state index in [-0.39, 0.29) is 13.2 Å². The highest BCUT2D eigenvalue weighted by molar-refractivity contribution is 6.30. The van der Waals surface area contributed by atoms with Crippen LogP contribution < -0.4 is 0 Å². The van der Waals surface area contributed by atoms with Gasteiger partial charge in [-0.25, -0.2) is 9.78 Å². The summed E-state index contributed by atoms with van der Waals surface area (Å²) in [5.74, 6) is -0.496. The van der Waals surface area contributed by atoms with Crippen LogP contribution in [0.1, 0.15) is 55.0 Å². The molecule has 42 heavy (non-hydrogen) atoms. The van der Waals surface area contributed by atoms with Crippen LogP contribution in [0.2, 0.25) is 5.02 Å². The zero-order valence-corrected chi connectivity index (χ0v) is 26.5. The second kappa shape index (κ2) is 13.4. The third-order valence-corrected chi connectivity index (χ3v) is 7.32. The van der Waals surface area contributed by atoms with Gasteiger partial charge in [0.05, 0.1) is 38.2 Å². The molecule has 3 heterocycles. The monoisotopic (exact) mass is 596 g/mol. The van der Waals surface area contributed by atoms with Crippen molar-refractivity contribution in [2.75, 3.05) is 33.5 Å². The van der Waals surface area contributed by atoms with Crippen LogP contribution in [0.15, 0.2) is 36.7 Å². The van der Waals surface area contributed by atoms with Crippen LogP contribution in [0.4, 0.5) is 0 Å². The van der Waals surface area contributed by atoms with Gasteiger partial charge in [0, 0.05) is 58.8 Å². The number of aromatic nitrogens is 4. The van der Waals surface area contributed by atoms with Crippen molar-refractivity contribution in [2.45, 2.75) is 59.8 Å². The molecule has 9 nitrogen and oxygen atoms in total. The Morgan fingerprint density at radius 1 is 1.05 bits per heavy atom. The third kappa shape index (κ3) is 7.21. The Bertz CT molecular complexity index is 1540. The predicted octanol–water partition coefficient (Wildman–Crippen LogP) is 6.13. The summed E-state index contributed by atoms with van der Waals surface area (Å²) in [5, 5.41) is 5.92. The van der Waals surface area contributed by atoms with Crippen molar-refractivity contribution in [1.82, 2.24) is 19.3 Å². The molecule has 0 N–H and O–H groups in total. The van der Waals surface area contributed by atoms with E-state index in [0.29, 0.717) is 36.0 Å².